The molecule has 2 saturated heterocycles. The molecule has 1 N–H and O–H groups in total. The number of hydrogen-bond donors (Lipinski definition) is 1. The number of ether oxygens (including phenoxy) is 1. The van der Waals surface area contributed by atoms with Crippen molar-refractivity contribution in [3.8, 4) is 0 Å². The maximum atomic E-state index is 13.6. The fraction of sp³-hybridized carbons (Fsp3) is 0.818. The van der Waals surface area contributed by atoms with Gasteiger partial charge in [0.25, 0.3) is 0 Å². The predicted octanol–water partition coefficient (Wildman–Crippen LogP) is -0.150. The third kappa shape index (κ3) is 2.57. The van der Waals surface area contributed by atoms with Crippen LogP contribution in [0.3, 0.4) is 0 Å². The smallest absolute Gasteiger partial charge is 0.245 e. The highest BCUT2D eigenvalue weighted by atomic mass is 19.1. The number of amides is 2. The Hall–Kier alpha value is -1.17. The number of carbonyl (C=O) groups is 2. The van der Waals surface area contributed by atoms with Crippen molar-refractivity contribution in [2.45, 2.75) is 37.6 Å². The summed E-state index contributed by atoms with van der Waals surface area (Å²) >= 11 is 0. The van der Waals surface area contributed by atoms with Gasteiger partial charge in [-0.15, -0.1) is 0 Å². The largest absolute Gasteiger partial charge is 0.378 e. The van der Waals surface area contributed by atoms with Crippen molar-refractivity contribution in [1.29, 1.82) is 0 Å². The predicted molar refractivity (Wildman–Crippen MR) is 58.1 cm³/mol. The maximum absolute atomic E-state index is 13.6. The zero-order valence-electron chi connectivity index (χ0n) is 9.82. The van der Waals surface area contributed by atoms with Gasteiger partial charge in [-0.25, -0.2) is 4.39 Å². The number of halogens is 1. The lowest BCUT2D eigenvalue weighted by Gasteiger charge is -2.35. The van der Waals surface area contributed by atoms with Gasteiger partial charge in [-0.2, -0.15) is 0 Å². The van der Waals surface area contributed by atoms with Gasteiger partial charge in [-0.1, -0.05) is 0 Å². The third-order valence-electron chi connectivity index (χ3n) is 3.39. The van der Waals surface area contributed by atoms with Crippen LogP contribution in [0.2, 0.25) is 0 Å². The quantitative estimate of drug-likeness (QED) is 0.735. The molecular weight excluding hydrogens is 227 g/mol. The summed E-state index contributed by atoms with van der Waals surface area (Å²) in [5.41, 5.74) is 0. The van der Waals surface area contributed by atoms with E-state index in [4.69, 9.17) is 4.74 Å². The molecule has 0 radical (unpaired) electrons. The van der Waals surface area contributed by atoms with Crippen molar-refractivity contribution in [2.75, 3.05) is 20.2 Å². The summed E-state index contributed by atoms with van der Waals surface area (Å²) in [6.07, 6.45) is -0.167. The molecule has 0 aromatic carbocycles. The number of methoxy groups -OCH3 is 1. The van der Waals surface area contributed by atoms with E-state index in [9.17, 15) is 14.0 Å². The van der Waals surface area contributed by atoms with E-state index in [1.165, 1.54) is 12.0 Å². The van der Waals surface area contributed by atoms with Gasteiger partial charge >= 0.3 is 0 Å². The summed E-state index contributed by atoms with van der Waals surface area (Å²) in [5, 5.41) is 2.61. The average Bonchev–Trinajstić information content (AvgIpc) is 2.75. The van der Waals surface area contributed by atoms with Crippen LogP contribution in [0.1, 0.15) is 19.3 Å². The van der Waals surface area contributed by atoms with Gasteiger partial charge in [-0.3, -0.25) is 9.59 Å². The molecule has 0 aromatic rings. The summed E-state index contributed by atoms with van der Waals surface area (Å²) in [6.45, 7) is 0.549. The minimum Gasteiger partial charge on any atom is -0.378 e. The van der Waals surface area contributed by atoms with Gasteiger partial charge in [0.1, 0.15) is 12.2 Å². The summed E-state index contributed by atoms with van der Waals surface area (Å²) in [5.74, 6) is -0.278. The molecule has 0 spiro atoms. The molecule has 0 saturated carbocycles. The first-order valence-corrected chi connectivity index (χ1v) is 5.87. The molecule has 0 bridgehead atoms. The molecule has 2 heterocycles. The Balaban J connectivity index is 1.91. The Kier molecular flexibility index (Phi) is 3.61. The van der Waals surface area contributed by atoms with Gasteiger partial charge in [0.05, 0.1) is 12.6 Å². The Labute approximate surface area is 99.3 Å². The van der Waals surface area contributed by atoms with E-state index in [2.05, 4.69) is 5.32 Å². The monoisotopic (exact) mass is 244 g/mol. The summed E-state index contributed by atoms with van der Waals surface area (Å²) in [7, 11) is 1.48. The molecule has 2 rings (SSSR count). The lowest BCUT2D eigenvalue weighted by Crippen LogP contribution is -2.52. The Morgan fingerprint density at radius 1 is 1.53 bits per heavy atom. The molecule has 3 atom stereocenters. The van der Waals surface area contributed by atoms with Gasteiger partial charge in [0.15, 0.2) is 0 Å². The van der Waals surface area contributed by atoms with Crippen LogP contribution in [0.5, 0.6) is 0 Å². The SMILES string of the molecule is COC1CCN(C(=O)[C@H]2CCC(=O)N2)C[C@H]1F. The second kappa shape index (κ2) is 5.00. The molecule has 1 unspecified atom stereocenters. The van der Waals surface area contributed by atoms with Crippen LogP contribution in [-0.4, -0.2) is 55.2 Å². The van der Waals surface area contributed by atoms with Gasteiger partial charge in [0, 0.05) is 20.1 Å². The minimum atomic E-state index is -1.14. The van der Waals surface area contributed by atoms with E-state index < -0.39 is 18.3 Å². The Bertz CT molecular complexity index is 324. The van der Waals surface area contributed by atoms with Crippen molar-refractivity contribution < 1.29 is 18.7 Å². The van der Waals surface area contributed by atoms with Crippen LogP contribution in [-0.2, 0) is 14.3 Å². The molecule has 2 amide bonds. The zero-order chi connectivity index (χ0) is 12.4. The highest BCUT2D eigenvalue weighted by molar-refractivity contribution is 5.90. The zero-order valence-corrected chi connectivity index (χ0v) is 9.82. The molecule has 5 nitrogen and oxygen atoms in total. The van der Waals surface area contributed by atoms with Crippen molar-refractivity contribution in [2.24, 2.45) is 0 Å². The first-order chi connectivity index (χ1) is 8.11. The second-order valence-corrected chi connectivity index (χ2v) is 4.52. The second-order valence-electron chi connectivity index (χ2n) is 4.52. The topological polar surface area (TPSA) is 58.6 Å². The first kappa shape index (κ1) is 12.3. The van der Waals surface area contributed by atoms with E-state index in [-0.39, 0.29) is 18.4 Å². The van der Waals surface area contributed by atoms with E-state index in [0.717, 1.165) is 0 Å². The molecule has 0 aromatic heterocycles. The number of likely N-dealkylation sites (tertiary alicyclic amines) is 1. The van der Waals surface area contributed by atoms with E-state index in [0.29, 0.717) is 25.8 Å². The Morgan fingerprint density at radius 3 is 2.82 bits per heavy atom. The Morgan fingerprint density at radius 2 is 2.29 bits per heavy atom. The van der Waals surface area contributed by atoms with Gasteiger partial charge < -0.3 is 15.0 Å². The van der Waals surface area contributed by atoms with E-state index >= 15 is 0 Å². The molecular formula is C11H17FN2O3. The minimum absolute atomic E-state index is 0.0592. The molecule has 0 aliphatic carbocycles. The summed E-state index contributed by atoms with van der Waals surface area (Å²) < 4.78 is 18.6. The lowest BCUT2D eigenvalue weighted by molar-refractivity contribution is -0.139. The summed E-state index contributed by atoms with van der Waals surface area (Å²) in [6, 6.07) is -0.464. The van der Waals surface area contributed by atoms with Crippen LogP contribution >= 0.6 is 0 Å². The number of nitrogens with zero attached hydrogens (tertiary/aromatic N) is 1. The van der Waals surface area contributed by atoms with Gasteiger partial charge in [0.2, 0.25) is 11.8 Å². The molecule has 96 valence electrons. The van der Waals surface area contributed by atoms with Crippen molar-refractivity contribution in [3.63, 3.8) is 0 Å². The molecule has 2 aliphatic heterocycles. The summed E-state index contributed by atoms with van der Waals surface area (Å²) in [4.78, 5) is 24.5. The average molecular weight is 244 g/mol. The van der Waals surface area contributed by atoms with Crippen molar-refractivity contribution >= 4 is 11.8 Å². The fourth-order valence-corrected chi connectivity index (χ4v) is 2.37. The van der Waals surface area contributed by atoms with E-state index in [1.807, 2.05) is 0 Å². The van der Waals surface area contributed by atoms with Crippen LogP contribution in [0, 0.1) is 0 Å². The van der Waals surface area contributed by atoms with Crippen molar-refractivity contribution in [3.05, 3.63) is 0 Å². The lowest BCUT2D eigenvalue weighted by atomic mass is 10.0. The first-order valence-electron chi connectivity index (χ1n) is 5.87. The van der Waals surface area contributed by atoms with Crippen LogP contribution in [0.25, 0.3) is 0 Å². The highest BCUT2D eigenvalue weighted by Gasteiger charge is 2.36. The number of carbonyl (C=O) groups excluding carboxylic acids is 2. The number of rotatable bonds is 2. The molecule has 17 heavy (non-hydrogen) atoms. The highest BCUT2D eigenvalue weighted by Crippen LogP contribution is 2.19. The van der Waals surface area contributed by atoms with Crippen LogP contribution < -0.4 is 5.32 Å². The number of alkyl halides is 1. The van der Waals surface area contributed by atoms with Gasteiger partial charge in [-0.05, 0) is 12.8 Å². The number of piperidine rings is 1. The molecule has 2 fully saturated rings. The number of nitrogens with one attached hydrogen (secondary N) is 1. The van der Waals surface area contributed by atoms with Crippen molar-refractivity contribution in [1.82, 2.24) is 10.2 Å². The normalized spacial score (nSPS) is 33.6. The number of hydrogen-bond acceptors (Lipinski definition) is 3. The maximum Gasteiger partial charge on any atom is 0.245 e. The fourth-order valence-electron chi connectivity index (χ4n) is 2.37. The third-order valence-corrected chi connectivity index (χ3v) is 3.39. The standard InChI is InChI=1S/C11H17FN2O3/c1-17-9-4-5-14(6-7(9)12)11(16)8-2-3-10(15)13-8/h7-9H,2-6H2,1H3,(H,13,15)/t7-,8-,9?/m1/s1. The molecule has 2 aliphatic rings. The molecule has 6 heteroatoms. The van der Waals surface area contributed by atoms with Crippen LogP contribution in [0.15, 0.2) is 0 Å². The van der Waals surface area contributed by atoms with Crippen LogP contribution in [0.4, 0.5) is 4.39 Å². The van der Waals surface area contributed by atoms with E-state index in [1.54, 1.807) is 0 Å².